The number of aryl methyl sites for hydroxylation is 2. The monoisotopic (exact) mass is 455 g/mol. The molecule has 0 aliphatic carbocycles. The van der Waals surface area contributed by atoms with E-state index in [-0.39, 0.29) is 11.6 Å². The predicted molar refractivity (Wildman–Crippen MR) is 122 cm³/mol. The maximum Gasteiger partial charge on any atom is 0.255 e. The van der Waals surface area contributed by atoms with Crippen molar-refractivity contribution in [1.82, 2.24) is 30.4 Å². The molecule has 34 heavy (non-hydrogen) atoms. The van der Waals surface area contributed by atoms with E-state index in [2.05, 4.69) is 31.0 Å². The maximum atomic E-state index is 14.3. The molecule has 2 heterocycles. The second kappa shape index (κ2) is 8.66. The van der Waals surface area contributed by atoms with Gasteiger partial charge < -0.3 is 9.73 Å². The Morgan fingerprint density at radius 1 is 0.912 bits per heavy atom. The number of halogens is 1. The molecule has 1 amide bonds. The molecule has 0 aliphatic heterocycles. The lowest BCUT2D eigenvalue weighted by Gasteiger charge is -2.09. The van der Waals surface area contributed by atoms with Gasteiger partial charge in [0.2, 0.25) is 11.8 Å². The van der Waals surface area contributed by atoms with Crippen LogP contribution in [-0.2, 0) is 0 Å². The molecule has 2 aromatic heterocycles. The van der Waals surface area contributed by atoms with E-state index in [0.717, 1.165) is 11.1 Å². The molecule has 0 unspecified atom stereocenters. The average Bonchev–Trinajstić information content (AvgIpc) is 3.50. The third-order valence-electron chi connectivity index (χ3n) is 5.14. The zero-order valence-corrected chi connectivity index (χ0v) is 18.2. The zero-order chi connectivity index (χ0) is 23.7. The quantitative estimate of drug-likeness (QED) is 0.418. The van der Waals surface area contributed by atoms with E-state index in [1.807, 2.05) is 31.2 Å². The number of carbonyl (C=O) groups is 1. The van der Waals surface area contributed by atoms with Gasteiger partial charge in [-0.15, -0.1) is 15.3 Å². The normalized spacial score (nSPS) is 10.9. The minimum Gasteiger partial charge on any atom is -0.416 e. The Morgan fingerprint density at radius 3 is 2.38 bits per heavy atom. The third kappa shape index (κ3) is 4.16. The first-order valence-corrected chi connectivity index (χ1v) is 10.4. The van der Waals surface area contributed by atoms with Crippen molar-refractivity contribution in [3.63, 3.8) is 0 Å². The number of aromatic nitrogens is 6. The summed E-state index contributed by atoms with van der Waals surface area (Å²) in [6.45, 7) is 3.64. The summed E-state index contributed by atoms with van der Waals surface area (Å²) in [5.41, 5.74) is 3.56. The summed E-state index contributed by atoms with van der Waals surface area (Å²) in [5.74, 6) is 0.323. The van der Waals surface area contributed by atoms with E-state index < -0.39 is 5.82 Å². The van der Waals surface area contributed by atoms with Crippen molar-refractivity contribution in [2.45, 2.75) is 13.8 Å². The van der Waals surface area contributed by atoms with Gasteiger partial charge in [0.05, 0.1) is 0 Å². The van der Waals surface area contributed by atoms with Crippen LogP contribution in [0.2, 0.25) is 0 Å². The van der Waals surface area contributed by atoms with Crippen molar-refractivity contribution in [3.05, 3.63) is 89.5 Å². The average molecular weight is 455 g/mol. The summed E-state index contributed by atoms with van der Waals surface area (Å²) in [7, 11) is 0. The first kappa shape index (κ1) is 21.1. The molecule has 10 heteroatoms. The Bertz CT molecular complexity index is 1490. The molecule has 5 aromatic rings. The highest BCUT2D eigenvalue weighted by Gasteiger charge is 2.14. The van der Waals surface area contributed by atoms with Crippen LogP contribution < -0.4 is 5.32 Å². The molecule has 9 nitrogen and oxygen atoms in total. The summed E-state index contributed by atoms with van der Waals surface area (Å²) in [5, 5.41) is 22.0. The fourth-order valence-electron chi connectivity index (χ4n) is 3.41. The topological polar surface area (TPSA) is 112 Å². The number of hydrogen-bond donors (Lipinski definition) is 1. The van der Waals surface area contributed by atoms with Crippen LogP contribution in [0.1, 0.15) is 21.7 Å². The van der Waals surface area contributed by atoms with E-state index in [4.69, 9.17) is 4.42 Å². The van der Waals surface area contributed by atoms with Gasteiger partial charge in [-0.1, -0.05) is 17.7 Å². The number of nitrogens with one attached hydrogen (secondary N) is 1. The van der Waals surface area contributed by atoms with Crippen LogP contribution in [0.4, 0.5) is 10.1 Å². The molecule has 0 radical (unpaired) electrons. The molecule has 0 saturated carbocycles. The van der Waals surface area contributed by atoms with Crippen molar-refractivity contribution < 1.29 is 13.6 Å². The van der Waals surface area contributed by atoms with E-state index in [1.165, 1.54) is 22.9 Å². The molecule has 0 aliphatic rings. The smallest absolute Gasteiger partial charge is 0.255 e. The van der Waals surface area contributed by atoms with Crippen molar-refractivity contribution in [2.24, 2.45) is 0 Å². The minimum absolute atomic E-state index is 0.136. The molecule has 3 aromatic carbocycles. The predicted octanol–water partition coefficient (Wildman–Crippen LogP) is 4.39. The molecule has 1 N–H and O–H groups in total. The van der Waals surface area contributed by atoms with Gasteiger partial charge in [-0.3, -0.25) is 4.79 Å². The lowest BCUT2D eigenvalue weighted by Crippen LogP contribution is -2.12. The molecule has 168 valence electrons. The molecule has 0 fully saturated rings. The minimum atomic E-state index is -0.512. The number of tetrazole rings is 1. The van der Waals surface area contributed by atoms with E-state index >= 15 is 0 Å². The lowest BCUT2D eigenvalue weighted by atomic mass is 10.1. The number of nitrogens with zero attached hydrogens (tertiary/aromatic N) is 6. The number of benzene rings is 3. The van der Waals surface area contributed by atoms with Crippen molar-refractivity contribution >= 4 is 11.6 Å². The van der Waals surface area contributed by atoms with Crippen LogP contribution in [0.3, 0.4) is 0 Å². The Morgan fingerprint density at radius 2 is 1.68 bits per heavy atom. The van der Waals surface area contributed by atoms with Gasteiger partial charge in [0.25, 0.3) is 5.91 Å². The van der Waals surface area contributed by atoms with Gasteiger partial charge >= 0.3 is 0 Å². The molecule has 0 spiro atoms. The highest BCUT2D eigenvalue weighted by Crippen LogP contribution is 2.25. The number of carbonyl (C=O) groups excluding carboxylic acids is 1. The van der Waals surface area contributed by atoms with Gasteiger partial charge in [0, 0.05) is 22.4 Å². The van der Waals surface area contributed by atoms with Gasteiger partial charge in [0.1, 0.15) is 11.5 Å². The van der Waals surface area contributed by atoms with Gasteiger partial charge in [0.15, 0.2) is 5.82 Å². The molecular formula is C24H18FN7O2. The molecule has 0 bridgehead atoms. The van der Waals surface area contributed by atoms with Gasteiger partial charge in [-0.05, 0) is 78.9 Å². The summed E-state index contributed by atoms with van der Waals surface area (Å²) in [6, 6.07) is 18.7. The third-order valence-corrected chi connectivity index (χ3v) is 5.14. The van der Waals surface area contributed by atoms with E-state index in [1.54, 1.807) is 31.2 Å². The maximum absolute atomic E-state index is 14.3. The summed E-state index contributed by atoms with van der Waals surface area (Å²) in [6.07, 6.45) is 0. The number of amides is 1. The summed E-state index contributed by atoms with van der Waals surface area (Å²) >= 11 is 0. The largest absolute Gasteiger partial charge is 0.416 e. The Hall–Kier alpha value is -4.73. The highest BCUT2D eigenvalue weighted by molar-refractivity contribution is 6.04. The molecule has 5 rings (SSSR count). The van der Waals surface area contributed by atoms with Crippen LogP contribution in [0.25, 0.3) is 28.6 Å². The Kier molecular flexibility index (Phi) is 5.38. The van der Waals surface area contributed by atoms with Crippen LogP contribution in [-0.4, -0.2) is 36.3 Å². The molecule has 0 atom stereocenters. The van der Waals surface area contributed by atoms with E-state index in [0.29, 0.717) is 34.4 Å². The number of hydrogen-bond acceptors (Lipinski definition) is 7. The second-order valence-electron chi connectivity index (χ2n) is 7.62. The fraction of sp³-hybridized carbons (Fsp3) is 0.0833. The summed E-state index contributed by atoms with van der Waals surface area (Å²) in [4.78, 5) is 12.7. The zero-order valence-electron chi connectivity index (χ0n) is 18.2. The second-order valence-corrected chi connectivity index (χ2v) is 7.62. The number of rotatable bonds is 5. The number of anilines is 1. The van der Waals surface area contributed by atoms with Crippen molar-refractivity contribution in [2.75, 3.05) is 5.32 Å². The molecular weight excluding hydrogens is 437 g/mol. The standard InChI is InChI=1S/C24H18FN7O2/c1-14-4-3-5-18(12-14)24-29-28-23(34-24)17-8-6-16(7-9-17)22(33)26-19-10-11-20(25)21(13-19)32-15(2)27-30-31-32/h3-13H,1-2H3,(H,26,33). The van der Waals surface area contributed by atoms with Crippen LogP contribution in [0.5, 0.6) is 0 Å². The SMILES string of the molecule is Cc1cccc(-c2nnc(-c3ccc(C(=O)Nc4ccc(F)c(-n5nnnc5C)c4)cc3)o2)c1. The van der Waals surface area contributed by atoms with Crippen LogP contribution in [0.15, 0.2) is 71.1 Å². The fourth-order valence-corrected chi connectivity index (χ4v) is 3.41. The van der Waals surface area contributed by atoms with Gasteiger partial charge in [-0.25, -0.2) is 4.39 Å². The lowest BCUT2D eigenvalue weighted by molar-refractivity contribution is 0.102. The van der Waals surface area contributed by atoms with Crippen LogP contribution in [0, 0.1) is 19.7 Å². The Balaban J connectivity index is 1.33. The first-order chi connectivity index (χ1) is 16.5. The first-order valence-electron chi connectivity index (χ1n) is 10.4. The van der Waals surface area contributed by atoms with E-state index in [9.17, 15) is 9.18 Å². The summed E-state index contributed by atoms with van der Waals surface area (Å²) < 4.78 is 21.3. The molecule has 0 saturated heterocycles. The van der Waals surface area contributed by atoms with Gasteiger partial charge in [-0.2, -0.15) is 4.68 Å². The Labute approximate surface area is 193 Å². The van der Waals surface area contributed by atoms with Crippen LogP contribution >= 0.6 is 0 Å². The highest BCUT2D eigenvalue weighted by atomic mass is 19.1. The van der Waals surface area contributed by atoms with Crippen molar-refractivity contribution in [3.8, 4) is 28.6 Å². The van der Waals surface area contributed by atoms with Crippen molar-refractivity contribution in [1.29, 1.82) is 0 Å².